The Labute approximate surface area is 206 Å². The summed E-state index contributed by atoms with van der Waals surface area (Å²) in [7, 11) is 0. The summed E-state index contributed by atoms with van der Waals surface area (Å²) < 4.78 is 0. The van der Waals surface area contributed by atoms with Gasteiger partial charge in [0, 0.05) is 30.7 Å². The molecule has 0 radical (unpaired) electrons. The highest BCUT2D eigenvalue weighted by Gasteiger charge is 2.36. The van der Waals surface area contributed by atoms with E-state index < -0.39 is 0 Å². The van der Waals surface area contributed by atoms with Crippen molar-refractivity contribution in [2.75, 3.05) is 13.1 Å². The molecule has 4 rings (SSSR count). The number of hydrogen-bond donors (Lipinski definition) is 2. The Morgan fingerprint density at radius 3 is 2.35 bits per heavy atom. The van der Waals surface area contributed by atoms with Crippen molar-refractivity contribution in [3.05, 3.63) is 77.9 Å². The number of nitrogens with one attached hydrogen (secondary N) is 1. The largest absolute Gasteiger partial charge is 0.508 e. The number of fused-ring (bicyclic) bond motifs is 1. The van der Waals surface area contributed by atoms with Gasteiger partial charge in [0.25, 0.3) is 0 Å². The molecule has 1 aliphatic heterocycles. The smallest absolute Gasteiger partial charge is 0.121 e. The molecule has 3 atom stereocenters. The summed E-state index contributed by atoms with van der Waals surface area (Å²) in [5.41, 5.74) is 2.30. The van der Waals surface area contributed by atoms with Gasteiger partial charge in [-0.1, -0.05) is 113 Å². The molecular formula is C31H42N2O. The number of phenols is 1. The van der Waals surface area contributed by atoms with Gasteiger partial charge in [0.05, 0.1) is 6.04 Å². The molecular weight excluding hydrogens is 416 g/mol. The molecule has 3 aromatic carbocycles. The summed E-state index contributed by atoms with van der Waals surface area (Å²) in [6, 6.07) is 24.0. The minimum atomic E-state index is 0.0268. The molecule has 1 saturated heterocycles. The van der Waals surface area contributed by atoms with Crippen molar-refractivity contribution >= 4 is 10.8 Å². The molecule has 3 aromatic rings. The summed E-state index contributed by atoms with van der Waals surface area (Å²) in [5, 5.41) is 17.2. The van der Waals surface area contributed by atoms with Crippen LogP contribution < -0.4 is 5.32 Å². The molecule has 1 heterocycles. The van der Waals surface area contributed by atoms with Gasteiger partial charge >= 0.3 is 0 Å². The van der Waals surface area contributed by atoms with Crippen molar-refractivity contribution in [3.8, 4) is 5.75 Å². The van der Waals surface area contributed by atoms with E-state index in [0.29, 0.717) is 17.8 Å². The predicted molar refractivity (Wildman–Crippen MR) is 144 cm³/mol. The molecule has 34 heavy (non-hydrogen) atoms. The van der Waals surface area contributed by atoms with Crippen LogP contribution in [0.1, 0.15) is 82.4 Å². The maximum atomic E-state index is 11.2. The Morgan fingerprint density at radius 2 is 1.56 bits per heavy atom. The Kier molecular flexibility index (Phi) is 9.01. The van der Waals surface area contributed by atoms with Crippen molar-refractivity contribution in [1.29, 1.82) is 0 Å². The first kappa shape index (κ1) is 24.8. The Bertz CT molecular complexity index is 1020. The first-order chi connectivity index (χ1) is 16.7. The molecule has 0 unspecified atom stereocenters. The normalized spacial score (nSPS) is 19.9. The molecule has 3 heteroatoms. The summed E-state index contributed by atoms with van der Waals surface area (Å²) in [6.07, 6.45) is 10.5. The lowest BCUT2D eigenvalue weighted by atomic mass is 9.88. The molecule has 1 fully saturated rings. The third-order valence-electron chi connectivity index (χ3n) is 7.53. The van der Waals surface area contributed by atoms with Crippen molar-refractivity contribution in [3.63, 3.8) is 0 Å². The van der Waals surface area contributed by atoms with Crippen molar-refractivity contribution in [1.82, 2.24) is 10.2 Å². The van der Waals surface area contributed by atoms with E-state index in [4.69, 9.17) is 0 Å². The van der Waals surface area contributed by atoms with Crippen LogP contribution in [-0.4, -0.2) is 35.2 Å². The lowest BCUT2D eigenvalue weighted by Crippen LogP contribution is -2.57. The van der Waals surface area contributed by atoms with E-state index in [1.165, 1.54) is 62.3 Å². The minimum absolute atomic E-state index is 0.0268. The van der Waals surface area contributed by atoms with E-state index in [2.05, 4.69) is 78.7 Å². The molecule has 3 nitrogen and oxygen atoms in total. The third-order valence-corrected chi connectivity index (χ3v) is 7.53. The number of nitrogens with zero attached hydrogens (tertiary/aromatic N) is 1. The third kappa shape index (κ3) is 5.82. The highest BCUT2D eigenvalue weighted by atomic mass is 16.3. The Hall–Kier alpha value is -2.36. The van der Waals surface area contributed by atoms with Crippen LogP contribution in [0.4, 0.5) is 0 Å². The monoisotopic (exact) mass is 458 g/mol. The van der Waals surface area contributed by atoms with Gasteiger partial charge in [-0.05, 0) is 35.7 Å². The first-order valence-corrected chi connectivity index (χ1v) is 13.4. The maximum absolute atomic E-state index is 11.2. The fraction of sp³-hybridized carbons (Fsp3) is 0.484. The number of unbranched alkanes of at least 4 members (excludes halogenated alkanes) is 6. The lowest BCUT2D eigenvalue weighted by Gasteiger charge is -2.46. The van der Waals surface area contributed by atoms with Crippen LogP contribution in [0.15, 0.2) is 66.7 Å². The van der Waals surface area contributed by atoms with Crippen LogP contribution in [0.5, 0.6) is 5.75 Å². The predicted octanol–water partition coefficient (Wildman–Crippen LogP) is 7.44. The molecule has 2 N–H and O–H groups in total. The standard InChI is InChI=1S/C31H42N2O/c1-3-4-5-6-7-8-12-18-27-23-32-22-24(2)33(27)31(26-16-10-9-11-17-26)30-28-19-14-13-15-25(28)20-21-29(30)34/h9-11,13-17,19-21,24,27,31-32,34H,3-8,12,18,22-23H2,1-2H3/t24-,27+,31-/m0/s1. The van der Waals surface area contributed by atoms with E-state index in [9.17, 15) is 5.11 Å². The highest BCUT2D eigenvalue weighted by molar-refractivity contribution is 5.88. The van der Waals surface area contributed by atoms with Gasteiger partial charge in [-0.25, -0.2) is 0 Å². The second-order valence-electron chi connectivity index (χ2n) is 10.1. The van der Waals surface area contributed by atoms with E-state index in [-0.39, 0.29) is 6.04 Å². The average molecular weight is 459 g/mol. The summed E-state index contributed by atoms with van der Waals surface area (Å²) in [6.45, 7) is 6.60. The van der Waals surface area contributed by atoms with Crippen molar-refractivity contribution in [2.45, 2.75) is 83.3 Å². The molecule has 182 valence electrons. The van der Waals surface area contributed by atoms with Gasteiger partial charge in [0.1, 0.15) is 5.75 Å². The van der Waals surface area contributed by atoms with Gasteiger partial charge in [-0.2, -0.15) is 0 Å². The fourth-order valence-corrected chi connectivity index (χ4v) is 5.78. The quantitative estimate of drug-likeness (QED) is 0.293. The molecule has 0 amide bonds. The maximum Gasteiger partial charge on any atom is 0.121 e. The Morgan fingerprint density at radius 1 is 0.853 bits per heavy atom. The lowest BCUT2D eigenvalue weighted by molar-refractivity contribution is 0.0667. The number of phenolic OH excluding ortho intramolecular Hbond substituents is 1. The van der Waals surface area contributed by atoms with Gasteiger partial charge < -0.3 is 10.4 Å². The van der Waals surface area contributed by atoms with Gasteiger partial charge in [0.15, 0.2) is 0 Å². The van der Waals surface area contributed by atoms with Crippen LogP contribution in [0, 0.1) is 0 Å². The highest BCUT2D eigenvalue weighted by Crippen LogP contribution is 2.42. The van der Waals surface area contributed by atoms with Gasteiger partial charge in [-0.15, -0.1) is 0 Å². The molecule has 0 aliphatic carbocycles. The SMILES string of the molecule is CCCCCCCCC[C@@H]1CNC[C@H](C)N1[C@@H](c1ccccc1)c1c(O)ccc2ccccc12. The second-order valence-corrected chi connectivity index (χ2v) is 10.1. The molecule has 0 saturated carbocycles. The Balaban J connectivity index is 1.65. The number of piperazine rings is 1. The molecule has 1 aliphatic rings. The zero-order valence-electron chi connectivity index (χ0n) is 21.0. The number of hydrogen-bond acceptors (Lipinski definition) is 3. The van der Waals surface area contributed by atoms with Crippen LogP contribution in [0.25, 0.3) is 10.8 Å². The van der Waals surface area contributed by atoms with Crippen LogP contribution in [-0.2, 0) is 0 Å². The molecule has 0 bridgehead atoms. The van der Waals surface area contributed by atoms with Crippen molar-refractivity contribution in [2.24, 2.45) is 0 Å². The average Bonchev–Trinajstić information content (AvgIpc) is 2.87. The zero-order valence-corrected chi connectivity index (χ0v) is 21.0. The zero-order chi connectivity index (χ0) is 23.8. The first-order valence-electron chi connectivity index (χ1n) is 13.4. The number of aromatic hydroxyl groups is 1. The van der Waals surface area contributed by atoms with E-state index in [1.807, 2.05) is 12.1 Å². The summed E-state index contributed by atoms with van der Waals surface area (Å²) >= 11 is 0. The number of benzene rings is 3. The summed E-state index contributed by atoms with van der Waals surface area (Å²) in [4.78, 5) is 2.70. The number of rotatable bonds is 11. The van der Waals surface area contributed by atoms with E-state index in [1.54, 1.807) is 0 Å². The van der Waals surface area contributed by atoms with E-state index >= 15 is 0 Å². The van der Waals surface area contributed by atoms with Crippen molar-refractivity contribution < 1.29 is 5.11 Å². The minimum Gasteiger partial charge on any atom is -0.508 e. The van der Waals surface area contributed by atoms with Crippen LogP contribution in [0.2, 0.25) is 0 Å². The van der Waals surface area contributed by atoms with E-state index in [0.717, 1.165) is 24.0 Å². The fourth-order valence-electron chi connectivity index (χ4n) is 5.78. The molecule has 0 spiro atoms. The second kappa shape index (κ2) is 12.4. The molecule has 0 aromatic heterocycles. The van der Waals surface area contributed by atoms with Gasteiger partial charge in [-0.3, -0.25) is 4.90 Å². The topological polar surface area (TPSA) is 35.5 Å². The van der Waals surface area contributed by atoms with Crippen LogP contribution >= 0.6 is 0 Å². The van der Waals surface area contributed by atoms with Gasteiger partial charge in [0.2, 0.25) is 0 Å². The summed E-state index contributed by atoms with van der Waals surface area (Å²) in [5.74, 6) is 0.396. The van der Waals surface area contributed by atoms with Crippen LogP contribution in [0.3, 0.4) is 0 Å².